The lowest BCUT2D eigenvalue weighted by molar-refractivity contribution is -0.116. The number of rotatable bonds is 7. The molecule has 0 saturated carbocycles. The number of hydrogen-bond acceptors (Lipinski definition) is 4. The standard InChI is InChI=1S/C29H27N3O2S/c33-27(31-19-20-10-9-17-30-18-20)26-23-15-7-8-16-24(23)35-29(26)32-28(34)25(21-11-3-1-4-12-21)22-13-5-2-6-14-22/h1-6,9-14,17-18,25H,7-8,15-16,19H2,(H,31,33)(H,32,34). The molecule has 4 aromatic rings. The molecular formula is C29H27N3O2S. The fraction of sp³-hybridized carbons (Fsp3) is 0.207. The van der Waals surface area contributed by atoms with E-state index in [1.165, 1.54) is 4.88 Å². The van der Waals surface area contributed by atoms with Crippen molar-refractivity contribution in [3.63, 3.8) is 0 Å². The first-order valence-electron chi connectivity index (χ1n) is 11.9. The first-order valence-corrected chi connectivity index (χ1v) is 12.7. The van der Waals surface area contributed by atoms with Crippen molar-refractivity contribution < 1.29 is 9.59 Å². The van der Waals surface area contributed by atoms with Crippen molar-refractivity contribution >= 4 is 28.2 Å². The van der Waals surface area contributed by atoms with Crippen molar-refractivity contribution in [2.24, 2.45) is 0 Å². The van der Waals surface area contributed by atoms with Gasteiger partial charge in [-0.1, -0.05) is 66.7 Å². The summed E-state index contributed by atoms with van der Waals surface area (Å²) in [5.74, 6) is -0.760. The molecule has 5 nitrogen and oxygen atoms in total. The quantitative estimate of drug-likeness (QED) is 0.355. The van der Waals surface area contributed by atoms with E-state index < -0.39 is 5.92 Å². The smallest absolute Gasteiger partial charge is 0.254 e. The number of nitrogens with one attached hydrogen (secondary N) is 2. The molecule has 0 fully saturated rings. The van der Waals surface area contributed by atoms with Crippen molar-refractivity contribution in [1.29, 1.82) is 0 Å². The number of carbonyl (C=O) groups excluding carboxylic acids is 2. The fourth-order valence-electron chi connectivity index (χ4n) is 4.64. The topological polar surface area (TPSA) is 71.1 Å². The number of thiophene rings is 1. The molecule has 2 aromatic heterocycles. The van der Waals surface area contributed by atoms with Gasteiger partial charge in [0.15, 0.2) is 0 Å². The van der Waals surface area contributed by atoms with Crippen LogP contribution in [0.1, 0.15) is 56.2 Å². The number of aromatic nitrogens is 1. The fourth-order valence-corrected chi connectivity index (χ4v) is 5.93. The Kier molecular flexibility index (Phi) is 7.00. The zero-order valence-corrected chi connectivity index (χ0v) is 20.2. The lowest BCUT2D eigenvalue weighted by Crippen LogP contribution is -2.27. The minimum absolute atomic E-state index is 0.137. The highest BCUT2D eigenvalue weighted by Gasteiger charge is 2.29. The Morgan fingerprint density at radius 2 is 1.57 bits per heavy atom. The van der Waals surface area contributed by atoms with Crippen molar-refractivity contribution in [3.8, 4) is 0 Å². The van der Waals surface area contributed by atoms with E-state index in [9.17, 15) is 9.59 Å². The maximum absolute atomic E-state index is 13.7. The van der Waals surface area contributed by atoms with Crippen LogP contribution in [0.5, 0.6) is 0 Å². The van der Waals surface area contributed by atoms with Crippen LogP contribution in [0.2, 0.25) is 0 Å². The Balaban J connectivity index is 1.45. The van der Waals surface area contributed by atoms with Crippen molar-refractivity contribution in [3.05, 3.63) is 118 Å². The van der Waals surface area contributed by atoms with E-state index in [4.69, 9.17) is 0 Å². The van der Waals surface area contributed by atoms with Crippen molar-refractivity contribution in [2.45, 2.75) is 38.1 Å². The lowest BCUT2D eigenvalue weighted by Gasteiger charge is -2.18. The van der Waals surface area contributed by atoms with Gasteiger partial charge in [0.2, 0.25) is 5.91 Å². The molecule has 6 heteroatoms. The number of fused-ring (bicyclic) bond motifs is 1. The molecule has 1 aliphatic rings. The molecule has 0 radical (unpaired) electrons. The minimum atomic E-state index is -0.470. The normalized spacial score (nSPS) is 12.7. The molecule has 0 aliphatic heterocycles. The van der Waals surface area contributed by atoms with E-state index in [1.807, 2.05) is 72.8 Å². The molecule has 0 bridgehead atoms. The third kappa shape index (κ3) is 5.17. The molecule has 2 N–H and O–H groups in total. The summed E-state index contributed by atoms with van der Waals surface area (Å²) in [5.41, 5.74) is 4.46. The average Bonchev–Trinajstić information content (AvgIpc) is 3.27. The van der Waals surface area contributed by atoms with E-state index in [1.54, 1.807) is 23.7 Å². The largest absolute Gasteiger partial charge is 0.348 e. The van der Waals surface area contributed by atoms with E-state index in [0.29, 0.717) is 17.1 Å². The second-order valence-corrected chi connectivity index (χ2v) is 9.81. The number of pyridine rings is 1. The SMILES string of the molecule is O=C(NCc1cccnc1)c1c(NC(=O)C(c2ccccc2)c2ccccc2)sc2c1CCCC2. The number of hydrogen-bond donors (Lipinski definition) is 2. The Morgan fingerprint density at radius 3 is 2.23 bits per heavy atom. The Morgan fingerprint density at radius 1 is 0.886 bits per heavy atom. The van der Waals surface area contributed by atoms with Gasteiger partial charge in [0, 0.05) is 23.8 Å². The van der Waals surface area contributed by atoms with Crippen LogP contribution in [0.4, 0.5) is 5.00 Å². The first kappa shape index (κ1) is 23.0. The van der Waals surface area contributed by atoms with Crippen molar-refractivity contribution in [2.75, 3.05) is 5.32 Å². The number of amides is 2. The predicted molar refractivity (Wildman–Crippen MR) is 140 cm³/mol. The highest BCUT2D eigenvalue weighted by molar-refractivity contribution is 7.17. The number of aryl methyl sites for hydroxylation is 1. The van der Waals surface area contributed by atoms with Crippen LogP contribution in [0.25, 0.3) is 0 Å². The van der Waals surface area contributed by atoms with Crippen LogP contribution in [-0.4, -0.2) is 16.8 Å². The van der Waals surface area contributed by atoms with Gasteiger partial charge >= 0.3 is 0 Å². The van der Waals surface area contributed by atoms with Crippen LogP contribution in [-0.2, 0) is 24.2 Å². The second kappa shape index (κ2) is 10.7. The Labute approximate surface area is 209 Å². The van der Waals surface area contributed by atoms with E-state index in [0.717, 1.165) is 47.9 Å². The summed E-state index contributed by atoms with van der Waals surface area (Å²) >= 11 is 1.54. The third-order valence-electron chi connectivity index (χ3n) is 6.34. The summed E-state index contributed by atoms with van der Waals surface area (Å²) in [7, 11) is 0. The third-order valence-corrected chi connectivity index (χ3v) is 7.55. The molecule has 0 spiro atoms. The van der Waals surface area contributed by atoms with Crippen LogP contribution in [0.15, 0.2) is 85.2 Å². The molecule has 5 rings (SSSR count). The monoisotopic (exact) mass is 481 g/mol. The number of nitrogens with zero attached hydrogens (tertiary/aromatic N) is 1. The number of carbonyl (C=O) groups is 2. The summed E-state index contributed by atoms with van der Waals surface area (Å²) in [5, 5.41) is 6.83. The van der Waals surface area contributed by atoms with E-state index in [2.05, 4.69) is 15.6 Å². The van der Waals surface area contributed by atoms with Crippen LogP contribution in [0, 0.1) is 0 Å². The number of anilines is 1. The van der Waals surface area contributed by atoms with Gasteiger partial charge in [-0.2, -0.15) is 0 Å². The highest BCUT2D eigenvalue weighted by Crippen LogP contribution is 2.39. The zero-order valence-electron chi connectivity index (χ0n) is 19.4. The Hall–Kier alpha value is -3.77. The molecule has 0 unspecified atom stereocenters. The van der Waals surface area contributed by atoms with E-state index in [-0.39, 0.29) is 11.8 Å². The second-order valence-electron chi connectivity index (χ2n) is 8.70. The van der Waals surface area contributed by atoms with Crippen LogP contribution < -0.4 is 10.6 Å². The van der Waals surface area contributed by atoms with Gasteiger partial charge in [-0.05, 0) is 54.0 Å². The molecule has 2 amide bonds. The molecule has 1 aliphatic carbocycles. The van der Waals surface area contributed by atoms with Crippen molar-refractivity contribution in [1.82, 2.24) is 10.3 Å². The number of benzene rings is 2. The maximum atomic E-state index is 13.7. The average molecular weight is 482 g/mol. The summed E-state index contributed by atoms with van der Waals surface area (Å²) in [6.45, 7) is 0.390. The molecule has 2 heterocycles. The molecular weight excluding hydrogens is 454 g/mol. The summed E-state index contributed by atoms with van der Waals surface area (Å²) < 4.78 is 0. The molecule has 176 valence electrons. The minimum Gasteiger partial charge on any atom is -0.348 e. The van der Waals surface area contributed by atoms with Crippen LogP contribution >= 0.6 is 11.3 Å². The van der Waals surface area contributed by atoms with Gasteiger partial charge < -0.3 is 10.6 Å². The molecule has 35 heavy (non-hydrogen) atoms. The highest BCUT2D eigenvalue weighted by atomic mass is 32.1. The molecule has 0 atom stereocenters. The van der Waals surface area contributed by atoms with Crippen LogP contribution in [0.3, 0.4) is 0 Å². The molecule has 0 saturated heterocycles. The summed E-state index contributed by atoms with van der Waals surface area (Å²) in [4.78, 5) is 32.4. The van der Waals surface area contributed by atoms with Gasteiger partial charge in [0.25, 0.3) is 5.91 Å². The predicted octanol–water partition coefficient (Wildman–Crippen LogP) is 5.72. The van der Waals surface area contributed by atoms with Gasteiger partial charge in [-0.25, -0.2) is 0 Å². The van der Waals surface area contributed by atoms with Gasteiger partial charge in [0.05, 0.1) is 11.5 Å². The molecule has 2 aromatic carbocycles. The Bertz CT molecular complexity index is 1260. The summed E-state index contributed by atoms with van der Waals surface area (Å²) in [6, 6.07) is 23.3. The van der Waals surface area contributed by atoms with Gasteiger partial charge in [-0.3, -0.25) is 14.6 Å². The summed E-state index contributed by atoms with van der Waals surface area (Å²) in [6.07, 6.45) is 7.42. The lowest BCUT2D eigenvalue weighted by atomic mass is 9.90. The van der Waals surface area contributed by atoms with E-state index >= 15 is 0 Å². The maximum Gasteiger partial charge on any atom is 0.254 e. The van der Waals surface area contributed by atoms with Gasteiger partial charge in [0.1, 0.15) is 5.00 Å². The first-order chi connectivity index (χ1) is 17.2. The van der Waals surface area contributed by atoms with Gasteiger partial charge in [-0.15, -0.1) is 11.3 Å². The zero-order chi connectivity index (χ0) is 24.0.